The molecule has 1 saturated heterocycles. The summed E-state index contributed by atoms with van der Waals surface area (Å²) in [6.45, 7) is 3.80. The Kier molecular flexibility index (Phi) is 3.32. The summed E-state index contributed by atoms with van der Waals surface area (Å²) in [5.74, 6) is -0.204. The maximum absolute atomic E-state index is 12.6. The molecule has 7 nitrogen and oxygen atoms in total. The quantitative estimate of drug-likeness (QED) is 0.662. The Hall–Kier alpha value is -2.48. The van der Waals surface area contributed by atoms with Crippen molar-refractivity contribution < 1.29 is 4.79 Å². The topological polar surface area (TPSA) is 68.0 Å². The van der Waals surface area contributed by atoms with Crippen LogP contribution in [0.3, 0.4) is 0 Å². The van der Waals surface area contributed by atoms with Crippen molar-refractivity contribution >= 4 is 35.0 Å². The van der Waals surface area contributed by atoms with Crippen molar-refractivity contribution in [3.05, 3.63) is 35.0 Å². The van der Waals surface area contributed by atoms with Crippen molar-refractivity contribution in [2.45, 2.75) is 13.8 Å². The fraction of sp³-hybridized carbons (Fsp3) is 0.286. The highest BCUT2D eigenvalue weighted by molar-refractivity contribution is 7.80. The lowest BCUT2D eigenvalue weighted by Gasteiger charge is -2.11. The number of anilines is 1. The Bertz CT molecular complexity index is 796. The lowest BCUT2D eigenvalue weighted by molar-refractivity contribution is -0.113. The van der Waals surface area contributed by atoms with E-state index in [2.05, 4.69) is 15.5 Å². The number of carbonyl (C=O) groups excluding carboxylic acids is 1. The van der Waals surface area contributed by atoms with Gasteiger partial charge >= 0.3 is 0 Å². The van der Waals surface area contributed by atoms with Crippen LogP contribution >= 0.6 is 12.2 Å². The Morgan fingerprint density at radius 3 is 2.55 bits per heavy atom. The van der Waals surface area contributed by atoms with Gasteiger partial charge in [0, 0.05) is 26.0 Å². The van der Waals surface area contributed by atoms with Gasteiger partial charge < -0.3 is 5.32 Å². The second-order valence-electron chi connectivity index (χ2n) is 5.24. The minimum atomic E-state index is -0.204. The molecule has 22 heavy (non-hydrogen) atoms. The minimum Gasteiger partial charge on any atom is -0.327 e. The van der Waals surface area contributed by atoms with E-state index in [-0.39, 0.29) is 5.91 Å². The number of hydrogen-bond donors (Lipinski definition) is 1. The molecule has 0 saturated carbocycles. The van der Waals surface area contributed by atoms with Crippen LogP contribution < -0.4 is 10.2 Å². The molecule has 0 radical (unpaired) electrons. The normalized spacial score (nSPS) is 16.7. The Morgan fingerprint density at radius 1 is 1.27 bits per heavy atom. The predicted octanol–water partition coefficient (Wildman–Crippen LogP) is 1.03. The molecule has 0 spiro atoms. The standard InChI is InChI=1S/C14H16N6OS/c1-8-5-10(17-19(8)4)6-11-13(21)20(14(22)15-11)12-7-18(3)16-9(12)2/h5-7H,1-4H3,(H,15,22)/b11-6+. The average Bonchev–Trinajstić information content (AvgIpc) is 3.00. The first-order valence-corrected chi connectivity index (χ1v) is 7.15. The predicted molar refractivity (Wildman–Crippen MR) is 87.1 cm³/mol. The number of nitrogens with zero attached hydrogens (tertiary/aromatic N) is 5. The largest absolute Gasteiger partial charge is 0.327 e. The fourth-order valence-corrected chi connectivity index (χ4v) is 2.66. The third kappa shape index (κ3) is 2.31. The highest BCUT2D eigenvalue weighted by Gasteiger charge is 2.34. The molecule has 0 atom stereocenters. The average molecular weight is 316 g/mol. The minimum absolute atomic E-state index is 0.204. The fourth-order valence-electron chi connectivity index (χ4n) is 2.37. The summed E-state index contributed by atoms with van der Waals surface area (Å²) >= 11 is 5.28. The number of aromatic nitrogens is 4. The number of carbonyl (C=O) groups is 1. The van der Waals surface area contributed by atoms with Crippen molar-refractivity contribution in [3.63, 3.8) is 0 Å². The van der Waals surface area contributed by atoms with Crippen LogP contribution in [0.25, 0.3) is 6.08 Å². The zero-order valence-corrected chi connectivity index (χ0v) is 13.6. The van der Waals surface area contributed by atoms with E-state index in [1.807, 2.05) is 27.0 Å². The number of nitrogens with one attached hydrogen (secondary N) is 1. The van der Waals surface area contributed by atoms with Gasteiger partial charge in [-0.15, -0.1) is 0 Å². The highest BCUT2D eigenvalue weighted by atomic mass is 32.1. The van der Waals surface area contributed by atoms with E-state index < -0.39 is 0 Å². The second-order valence-corrected chi connectivity index (χ2v) is 5.62. The van der Waals surface area contributed by atoms with Crippen LogP contribution in [0, 0.1) is 13.8 Å². The van der Waals surface area contributed by atoms with Crippen LogP contribution in [0.5, 0.6) is 0 Å². The van der Waals surface area contributed by atoms with Gasteiger partial charge in [0.25, 0.3) is 5.91 Å². The molecular formula is C14H16N6OS. The van der Waals surface area contributed by atoms with Crippen molar-refractivity contribution in [3.8, 4) is 0 Å². The van der Waals surface area contributed by atoms with Gasteiger partial charge in [0.2, 0.25) is 0 Å². The Labute approximate surface area is 133 Å². The molecule has 8 heteroatoms. The third-order valence-corrected chi connectivity index (χ3v) is 3.82. The summed E-state index contributed by atoms with van der Waals surface area (Å²) in [6.07, 6.45) is 3.47. The first kappa shape index (κ1) is 14.5. The summed E-state index contributed by atoms with van der Waals surface area (Å²) < 4.78 is 3.41. The van der Waals surface area contributed by atoms with E-state index in [4.69, 9.17) is 12.2 Å². The lowest BCUT2D eigenvalue weighted by Crippen LogP contribution is -2.30. The molecule has 1 aliphatic rings. The molecule has 1 aliphatic heterocycles. The second kappa shape index (κ2) is 5.06. The maximum Gasteiger partial charge on any atom is 0.281 e. The van der Waals surface area contributed by atoms with Crippen LogP contribution in [0.2, 0.25) is 0 Å². The van der Waals surface area contributed by atoms with Crippen LogP contribution in [0.1, 0.15) is 17.1 Å². The number of hydrogen-bond acceptors (Lipinski definition) is 4. The Balaban J connectivity index is 1.96. The molecule has 114 valence electrons. The van der Waals surface area contributed by atoms with Crippen LogP contribution in [0.4, 0.5) is 5.69 Å². The molecule has 0 bridgehead atoms. The van der Waals surface area contributed by atoms with Crippen molar-refractivity contribution in [1.29, 1.82) is 0 Å². The SMILES string of the molecule is Cc1nn(C)cc1N1C(=O)/C(=C\c2cc(C)n(C)n2)NC1=S. The van der Waals surface area contributed by atoms with Gasteiger partial charge in [-0.2, -0.15) is 10.2 Å². The van der Waals surface area contributed by atoms with E-state index in [9.17, 15) is 4.79 Å². The van der Waals surface area contributed by atoms with Gasteiger partial charge in [0.15, 0.2) is 5.11 Å². The monoisotopic (exact) mass is 316 g/mol. The molecule has 2 aromatic heterocycles. The summed E-state index contributed by atoms with van der Waals surface area (Å²) in [5, 5.41) is 11.9. The summed E-state index contributed by atoms with van der Waals surface area (Å²) in [6, 6.07) is 1.91. The summed E-state index contributed by atoms with van der Waals surface area (Å²) in [4.78, 5) is 14.1. The van der Waals surface area contributed by atoms with Gasteiger partial charge in [0.1, 0.15) is 5.70 Å². The number of rotatable bonds is 2. The van der Waals surface area contributed by atoms with E-state index in [0.717, 1.165) is 11.4 Å². The first-order valence-electron chi connectivity index (χ1n) is 6.75. The van der Waals surface area contributed by atoms with Crippen LogP contribution in [-0.4, -0.2) is 30.6 Å². The van der Waals surface area contributed by atoms with Gasteiger partial charge in [0.05, 0.1) is 17.1 Å². The van der Waals surface area contributed by atoms with Gasteiger partial charge in [-0.05, 0) is 38.2 Å². The molecule has 1 fully saturated rings. The molecule has 0 unspecified atom stereocenters. The molecule has 1 N–H and O–H groups in total. The first-order chi connectivity index (χ1) is 10.4. The molecule has 0 aliphatic carbocycles. The van der Waals surface area contributed by atoms with Gasteiger partial charge in [-0.1, -0.05) is 0 Å². The molecule has 2 aromatic rings. The number of thiocarbonyl (C=S) groups is 1. The summed E-state index contributed by atoms with van der Waals surface area (Å²) in [7, 11) is 3.66. The van der Waals surface area contributed by atoms with E-state index in [0.29, 0.717) is 22.2 Å². The third-order valence-electron chi connectivity index (χ3n) is 3.53. The van der Waals surface area contributed by atoms with E-state index in [1.54, 1.807) is 28.7 Å². The molecule has 3 rings (SSSR count). The van der Waals surface area contributed by atoms with Crippen LogP contribution in [0.15, 0.2) is 18.0 Å². The van der Waals surface area contributed by atoms with Gasteiger partial charge in [-0.3, -0.25) is 14.2 Å². The zero-order valence-electron chi connectivity index (χ0n) is 12.8. The number of aryl methyl sites for hydroxylation is 4. The highest BCUT2D eigenvalue weighted by Crippen LogP contribution is 2.24. The van der Waals surface area contributed by atoms with Crippen molar-refractivity contribution in [2.75, 3.05) is 4.90 Å². The van der Waals surface area contributed by atoms with Gasteiger partial charge in [-0.25, -0.2) is 4.90 Å². The molecule has 3 heterocycles. The number of amides is 1. The molecule has 0 aromatic carbocycles. The lowest BCUT2D eigenvalue weighted by atomic mass is 10.3. The van der Waals surface area contributed by atoms with Crippen molar-refractivity contribution in [1.82, 2.24) is 24.9 Å². The Morgan fingerprint density at radius 2 is 2.00 bits per heavy atom. The van der Waals surface area contributed by atoms with Crippen LogP contribution in [-0.2, 0) is 18.9 Å². The maximum atomic E-state index is 12.6. The van der Waals surface area contributed by atoms with E-state index >= 15 is 0 Å². The molecular weight excluding hydrogens is 300 g/mol. The summed E-state index contributed by atoms with van der Waals surface area (Å²) in [5.41, 5.74) is 3.56. The smallest absolute Gasteiger partial charge is 0.281 e. The van der Waals surface area contributed by atoms with E-state index in [1.165, 1.54) is 4.90 Å². The van der Waals surface area contributed by atoms with Crippen molar-refractivity contribution in [2.24, 2.45) is 14.1 Å². The molecule has 1 amide bonds. The zero-order chi connectivity index (χ0) is 16.0.